The van der Waals surface area contributed by atoms with Crippen molar-refractivity contribution in [1.82, 2.24) is 9.78 Å². The van der Waals surface area contributed by atoms with Crippen molar-refractivity contribution >= 4 is 31.6 Å². The van der Waals surface area contributed by atoms with Crippen LogP contribution < -0.4 is 4.72 Å². The second kappa shape index (κ2) is 6.59. The molecule has 6 nitrogen and oxygen atoms in total. The van der Waals surface area contributed by atoms with Gasteiger partial charge >= 0.3 is 0 Å². The average molecular weight is 374 g/mol. The maximum absolute atomic E-state index is 12.3. The van der Waals surface area contributed by atoms with Gasteiger partial charge in [0, 0.05) is 29.5 Å². The van der Waals surface area contributed by atoms with E-state index in [1.54, 1.807) is 18.2 Å². The Labute approximate surface area is 132 Å². The SMILES string of the molecule is Cc1cc(NS(=O)(=O)c2cnn(CCCO)c2)ccc1Br. The highest BCUT2D eigenvalue weighted by molar-refractivity contribution is 9.10. The van der Waals surface area contributed by atoms with Gasteiger partial charge in [-0.25, -0.2) is 8.42 Å². The smallest absolute Gasteiger partial charge is 0.265 e. The number of nitrogens with one attached hydrogen (secondary N) is 1. The minimum Gasteiger partial charge on any atom is -0.396 e. The molecule has 114 valence electrons. The predicted molar refractivity (Wildman–Crippen MR) is 83.6 cm³/mol. The second-order valence-electron chi connectivity index (χ2n) is 4.59. The Morgan fingerprint density at radius 3 is 2.86 bits per heavy atom. The molecule has 1 aromatic heterocycles. The van der Waals surface area contributed by atoms with Crippen LogP contribution in [0.15, 0.2) is 40.0 Å². The summed E-state index contributed by atoms with van der Waals surface area (Å²) < 4.78 is 29.5. The van der Waals surface area contributed by atoms with Gasteiger partial charge in [0.1, 0.15) is 4.90 Å². The van der Waals surface area contributed by atoms with Crippen molar-refractivity contribution in [2.24, 2.45) is 0 Å². The van der Waals surface area contributed by atoms with Gasteiger partial charge in [-0.15, -0.1) is 0 Å². The summed E-state index contributed by atoms with van der Waals surface area (Å²) in [6.07, 6.45) is 3.27. The Morgan fingerprint density at radius 2 is 2.19 bits per heavy atom. The number of rotatable bonds is 6. The summed E-state index contributed by atoms with van der Waals surface area (Å²) in [6.45, 7) is 2.40. The first-order valence-corrected chi connectivity index (χ1v) is 8.62. The number of sulfonamides is 1. The van der Waals surface area contributed by atoms with Gasteiger partial charge in [-0.05, 0) is 37.1 Å². The fourth-order valence-corrected chi connectivity index (χ4v) is 3.01. The van der Waals surface area contributed by atoms with E-state index in [9.17, 15) is 8.42 Å². The number of aromatic nitrogens is 2. The minimum atomic E-state index is -3.66. The molecule has 2 aromatic rings. The number of hydrogen-bond donors (Lipinski definition) is 2. The number of hydrogen-bond acceptors (Lipinski definition) is 4. The Hall–Kier alpha value is -1.38. The van der Waals surface area contributed by atoms with Crippen LogP contribution in [-0.4, -0.2) is 29.9 Å². The lowest BCUT2D eigenvalue weighted by atomic mass is 10.2. The largest absolute Gasteiger partial charge is 0.396 e. The summed E-state index contributed by atoms with van der Waals surface area (Å²) in [7, 11) is -3.66. The van der Waals surface area contributed by atoms with Crippen LogP contribution in [0.4, 0.5) is 5.69 Å². The summed E-state index contributed by atoms with van der Waals surface area (Å²) in [5, 5.41) is 12.7. The molecular weight excluding hydrogens is 358 g/mol. The molecule has 2 rings (SSSR count). The lowest BCUT2D eigenvalue weighted by Gasteiger charge is -2.07. The lowest BCUT2D eigenvalue weighted by Crippen LogP contribution is -2.12. The molecule has 21 heavy (non-hydrogen) atoms. The van der Waals surface area contributed by atoms with Crippen LogP contribution >= 0.6 is 15.9 Å². The minimum absolute atomic E-state index is 0.0400. The Bertz CT molecular complexity index is 728. The van der Waals surface area contributed by atoms with Gasteiger partial charge in [-0.1, -0.05) is 15.9 Å². The molecule has 0 bridgehead atoms. The van der Waals surface area contributed by atoms with Crippen molar-refractivity contribution in [2.75, 3.05) is 11.3 Å². The van der Waals surface area contributed by atoms with Crippen molar-refractivity contribution in [3.05, 3.63) is 40.6 Å². The fourth-order valence-electron chi connectivity index (χ4n) is 1.76. The topological polar surface area (TPSA) is 84.2 Å². The van der Waals surface area contributed by atoms with Crippen molar-refractivity contribution in [3.8, 4) is 0 Å². The van der Waals surface area contributed by atoms with Gasteiger partial charge in [0.15, 0.2) is 0 Å². The van der Waals surface area contributed by atoms with E-state index < -0.39 is 10.0 Å². The molecular formula is C13H16BrN3O3S. The third-order valence-electron chi connectivity index (χ3n) is 2.88. The molecule has 8 heteroatoms. The summed E-state index contributed by atoms with van der Waals surface area (Å²) in [5.41, 5.74) is 1.44. The number of aryl methyl sites for hydroxylation is 2. The number of nitrogens with zero attached hydrogens (tertiary/aromatic N) is 2. The number of benzene rings is 1. The molecule has 0 fully saturated rings. The van der Waals surface area contributed by atoms with Crippen molar-refractivity contribution in [2.45, 2.75) is 24.8 Å². The van der Waals surface area contributed by atoms with Crippen LogP contribution in [0.2, 0.25) is 0 Å². The zero-order valence-electron chi connectivity index (χ0n) is 11.5. The van der Waals surface area contributed by atoms with E-state index >= 15 is 0 Å². The predicted octanol–water partition coefficient (Wildman–Crippen LogP) is 2.14. The standard InChI is InChI=1S/C13H16BrN3O3S/c1-10-7-11(3-4-13(10)14)16-21(19,20)12-8-15-17(9-12)5-2-6-18/h3-4,7-9,16,18H,2,5-6H2,1H3. The number of halogens is 1. The highest BCUT2D eigenvalue weighted by Gasteiger charge is 2.16. The molecule has 0 saturated heterocycles. The molecule has 1 aromatic carbocycles. The van der Waals surface area contributed by atoms with Gasteiger partial charge < -0.3 is 5.11 Å². The van der Waals surface area contributed by atoms with Crippen LogP contribution in [0, 0.1) is 6.92 Å². The molecule has 0 saturated carbocycles. The van der Waals surface area contributed by atoms with Crippen LogP contribution in [0.5, 0.6) is 0 Å². The van der Waals surface area contributed by atoms with Crippen molar-refractivity contribution < 1.29 is 13.5 Å². The Kier molecular flexibility index (Phi) is 5.02. The van der Waals surface area contributed by atoms with Gasteiger partial charge in [0.2, 0.25) is 0 Å². The Balaban J connectivity index is 2.17. The van der Waals surface area contributed by atoms with E-state index in [0.29, 0.717) is 18.7 Å². The molecule has 0 spiro atoms. The van der Waals surface area contributed by atoms with E-state index in [0.717, 1.165) is 10.0 Å². The summed E-state index contributed by atoms with van der Waals surface area (Å²) in [5.74, 6) is 0. The van der Waals surface area contributed by atoms with Crippen LogP contribution in [0.25, 0.3) is 0 Å². The van der Waals surface area contributed by atoms with Crippen molar-refractivity contribution in [1.29, 1.82) is 0 Å². The maximum atomic E-state index is 12.3. The molecule has 0 amide bonds. The van der Waals surface area contributed by atoms with E-state index in [2.05, 4.69) is 25.8 Å². The van der Waals surface area contributed by atoms with E-state index in [4.69, 9.17) is 5.11 Å². The van der Waals surface area contributed by atoms with Gasteiger partial charge in [0.05, 0.1) is 6.20 Å². The first kappa shape index (κ1) is 16.0. The third kappa shape index (κ3) is 4.05. The van der Waals surface area contributed by atoms with Crippen LogP contribution in [-0.2, 0) is 16.6 Å². The molecule has 2 N–H and O–H groups in total. The van der Waals surface area contributed by atoms with E-state index in [-0.39, 0.29) is 11.5 Å². The molecule has 0 aliphatic carbocycles. The highest BCUT2D eigenvalue weighted by Crippen LogP contribution is 2.22. The third-order valence-corrected chi connectivity index (χ3v) is 5.10. The first-order chi connectivity index (χ1) is 9.92. The van der Waals surface area contributed by atoms with E-state index in [1.807, 2.05) is 6.92 Å². The second-order valence-corrected chi connectivity index (χ2v) is 7.12. The number of anilines is 1. The zero-order valence-corrected chi connectivity index (χ0v) is 13.9. The maximum Gasteiger partial charge on any atom is 0.265 e. The summed E-state index contributed by atoms with van der Waals surface area (Å²) in [6, 6.07) is 5.22. The monoisotopic (exact) mass is 373 g/mol. The summed E-state index contributed by atoms with van der Waals surface area (Å²) in [4.78, 5) is 0.0982. The van der Waals surface area contributed by atoms with E-state index in [1.165, 1.54) is 17.1 Å². The normalized spacial score (nSPS) is 11.6. The molecule has 0 unspecified atom stereocenters. The Morgan fingerprint density at radius 1 is 1.43 bits per heavy atom. The molecule has 1 heterocycles. The number of aliphatic hydroxyl groups excluding tert-OH is 1. The molecule has 0 radical (unpaired) electrons. The van der Waals surface area contributed by atoms with Gasteiger partial charge in [0.25, 0.3) is 10.0 Å². The van der Waals surface area contributed by atoms with Gasteiger partial charge in [-0.2, -0.15) is 5.10 Å². The molecule has 0 aliphatic heterocycles. The van der Waals surface area contributed by atoms with Crippen LogP contribution in [0.3, 0.4) is 0 Å². The number of aliphatic hydroxyl groups is 1. The zero-order chi connectivity index (χ0) is 15.5. The lowest BCUT2D eigenvalue weighted by molar-refractivity contribution is 0.277. The fraction of sp³-hybridized carbons (Fsp3) is 0.308. The quantitative estimate of drug-likeness (QED) is 0.812. The van der Waals surface area contributed by atoms with Crippen molar-refractivity contribution in [3.63, 3.8) is 0 Å². The molecule has 0 aliphatic rings. The average Bonchev–Trinajstić information content (AvgIpc) is 2.90. The highest BCUT2D eigenvalue weighted by atomic mass is 79.9. The first-order valence-electron chi connectivity index (χ1n) is 6.34. The molecule has 0 atom stereocenters. The van der Waals surface area contributed by atoms with Crippen LogP contribution in [0.1, 0.15) is 12.0 Å². The van der Waals surface area contributed by atoms with Gasteiger partial charge in [-0.3, -0.25) is 9.40 Å². The summed E-state index contributed by atoms with van der Waals surface area (Å²) >= 11 is 3.37.